The monoisotopic (exact) mass is 734 g/mol. The number of carbonyl (C=O) groups excluding carboxylic acids is 2. The number of carbonyl (C=O) groups is 2. The molecule has 3 aliphatic carbocycles. The predicted octanol–water partition coefficient (Wildman–Crippen LogP) is 5.78. The van der Waals surface area contributed by atoms with Crippen LogP contribution in [0, 0.1) is 29.1 Å². The van der Waals surface area contributed by atoms with Gasteiger partial charge in [0, 0.05) is 41.2 Å². The maximum atomic E-state index is 14.3. The van der Waals surface area contributed by atoms with Crippen LogP contribution in [0.4, 0.5) is 0 Å². The van der Waals surface area contributed by atoms with Crippen LogP contribution in [0.5, 0.6) is 5.75 Å². The minimum absolute atomic E-state index is 0.0276. The Kier molecular flexibility index (Phi) is 12.7. The molecule has 0 radical (unpaired) electrons. The van der Waals surface area contributed by atoms with Crippen LogP contribution in [-0.4, -0.2) is 96.7 Å². The lowest BCUT2D eigenvalue weighted by Crippen LogP contribution is -2.62. The molecule has 10 nitrogen and oxygen atoms in total. The number of benzene rings is 2. The summed E-state index contributed by atoms with van der Waals surface area (Å²) in [6.45, 7) is 17.7. The van der Waals surface area contributed by atoms with E-state index in [2.05, 4.69) is 70.1 Å². The van der Waals surface area contributed by atoms with E-state index in [4.69, 9.17) is 9.57 Å². The molecule has 9 atom stereocenters. The number of nitrogens with one attached hydrogen (secondary N) is 2. The minimum atomic E-state index is -0.892. The van der Waals surface area contributed by atoms with Gasteiger partial charge in [0.2, 0.25) is 5.91 Å². The number of hydrogen-bond acceptors (Lipinski definition) is 8. The van der Waals surface area contributed by atoms with Gasteiger partial charge in [-0.2, -0.15) is 5.06 Å². The fraction of sp³-hybridized carbons (Fsp3) is 0.674. The van der Waals surface area contributed by atoms with Crippen LogP contribution in [-0.2, 0) is 21.6 Å². The molecular formula is C43H66N4O6. The van der Waals surface area contributed by atoms with Crippen LogP contribution in [0.3, 0.4) is 0 Å². The predicted molar refractivity (Wildman–Crippen MR) is 209 cm³/mol. The number of amides is 2. The molecule has 4 N–H and O–H groups in total. The number of hydrogen-bond donors (Lipinski definition) is 4. The van der Waals surface area contributed by atoms with Crippen molar-refractivity contribution in [1.82, 2.24) is 20.6 Å². The third-order valence-corrected chi connectivity index (χ3v) is 12.6. The molecule has 0 unspecified atom stereocenters. The first-order valence-electron chi connectivity index (χ1n) is 19.7. The second-order valence-corrected chi connectivity index (χ2v) is 18.0. The second-order valence-electron chi connectivity index (χ2n) is 18.0. The second kappa shape index (κ2) is 16.4. The Morgan fingerprint density at radius 2 is 1.87 bits per heavy atom. The Balaban J connectivity index is 1.47. The maximum Gasteiger partial charge on any atom is 0.251 e. The number of aliphatic hydroxyl groups excluding tert-OH is 2. The van der Waals surface area contributed by atoms with Gasteiger partial charge in [-0.3, -0.25) is 14.4 Å². The SMILES string of the molecule is CCC[C@@H](CN(C)C)NC(=O)c1cc(-c2cccc(CN3O[C@@H](CO)[C@H]([C@H](C)O)[C@H]3C(=O)N[C@H]3C[C@H]4C[C@@H]([C@@H]3C)C4(C)C)c2OC)cc(C(C)(C)C)c1. The number of likely N-dealkylation sites (N-methyl/N-ethyl adjacent to an activating group) is 1. The Morgan fingerprint density at radius 3 is 2.43 bits per heavy atom. The van der Waals surface area contributed by atoms with Crippen molar-refractivity contribution in [2.45, 2.75) is 123 Å². The van der Waals surface area contributed by atoms with E-state index in [9.17, 15) is 19.8 Å². The summed E-state index contributed by atoms with van der Waals surface area (Å²) in [5.41, 5.74) is 4.11. The lowest BCUT2D eigenvalue weighted by molar-refractivity contribution is -0.183. The molecular weight excluding hydrogens is 668 g/mol. The molecule has 2 aromatic rings. The van der Waals surface area contributed by atoms with Gasteiger partial charge < -0.3 is 30.5 Å². The lowest BCUT2D eigenvalue weighted by Gasteiger charge is -2.62. The first-order valence-corrected chi connectivity index (χ1v) is 19.7. The summed E-state index contributed by atoms with van der Waals surface area (Å²) in [5, 5.41) is 29.6. The highest BCUT2D eigenvalue weighted by Crippen LogP contribution is 2.61. The molecule has 3 saturated carbocycles. The number of aliphatic hydroxyl groups is 2. The molecule has 0 aromatic heterocycles. The standard InChI is InChI=1S/C43H66N4O6/c1-12-14-32(23-46(9)10)44-40(50)29-17-28(18-30(19-29)42(4,5)6)33-16-13-15-27(39(33)52-11)22-47-38(37(26(3)49)36(24-48)53-47)41(51)45-35-21-31-20-34(25(35)2)43(31,7)8/h13,15-19,25-26,31-32,34-38,48-49H,12,14,20-24H2,1-11H3,(H,44,50)(H,45,51)/t25-,26-,31+,32-,34-,35-,36-,37-,38-/m0/s1. The first-order chi connectivity index (χ1) is 24.9. The summed E-state index contributed by atoms with van der Waals surface area (Å²) in [6, 6.07) is 11.2. The largest absolute Gasteiger partial charge is 0.496 e. The highest BCUT2D eigenvalue weighted by Gasteiger charge is 2.57. The van der Waals surface area contributed by atoms with E-state index in [1.807, 2.05) is 44.4 Å². The average Bonchev–Trinajstić information content (AvgIpc) is 3.46. The Labute approximate surface area is 317 Å². The molecule has 2 aromatic carbocycles. The molecule has 2 bridgehead atoms. The molecule has 4 fully saturated rings. The molecule has 53 heavy (non-hydrogen) atoms. The number of para-hydroxylation sites is 1. The van der Waals surface area contributed by atoms with Crippen LogP contribution < -0.4 is 15.4 Å². The summed E-state index contributed by atoms with van der Waals surface area (Å²) in [4.78, 5) is 36.5. The van der Waals surface area contributed by atoms with Gasteiger partial charge in [0.1, 0.15) is 17.9 Å². The molecule has 1 aliphatic heterocycles. The van der Waals surface area contributed by atoms with Crippen molar-refractivity contribution < 1.29 is 29.4 Å². The number of fused-ring (bicyclic) bond motifs is 2. The topological polar surface area (TPSA) is 124 Å². The van der Waals surface area contributed by atoms with Crippen molar-refractivity contribution in [3.63, 3.8) is 0 Å². The highest BCUT2D eigenvalue weighted by atomic mass is 16.7. The van der Waals surface area contributed by atoms with Gasteiger partial charge in [-0.25, -0.2) is 0 Å². The van der Waals surface area contributed by atoms with E-state index in [1.54, 1.807) is 19.1 Å². The number of ether oxygens (including phenoxy) is 1. The summed E-state index contributed by atoms with van der Waals surface area (Å²) < 4.78 is 6.11. The van der Waals surface area contributed by atoms with E-state index in [-0.39, 0.29) is 47.9 Å². The van der Waals surface area contributed by atoms with Crippen molar-refractivity contribution >= 4 is 11.8 Å². The van der Waals surface area contributed by atoms with Gasteiger partial charge in [0.25, 0.3) is 5.91 Å². The molecule has 6 rings (SSSR count). The third kappa shape index (κ3) is 8.62. The van der Waals surface area contributed by atoms with E-state index in [1.165, 1.54) is 6.42 Å². The van der Waals surface area contributed by atoms with Crippen LogP contribution in [0.2, 0.25) is 0 Å². The van der Waals surface area contributed by atoms with Crippen LogP contribution in [0.25, 0.3) is 11.1 Å². The quantitative estimate of drug-likeness (QED) is 0.193. The minimum Gasteiger partial charge on any atom is -0.496 e. The molecule has 1 heterocycles. The van der Waals surface area contributed by atoms with Crippen LogP contribution >= 0.6 is 0 Å². The smallest absolute Gasteiger partial charge is 0.251 e. The fourth-order valence-corrected chi connectivity index (χ4v) is 9.44. The number of rotatable bonds is 14. The van der Waals surface area contributed by atoms with Gasteiger partial charge in [-0.1, -0.05) is 79.2 Å². The number of methoxy groups -OCH3 is 1. The van der Waals surface area contributed by atoms with Gasteiger partial charge >= 0.3 is 0 Å². The van der Waals surface area contributed by atoms with Crippen LogP contribution in [0.15, 0.2) is 36.4 Å². The molecule has 1 saturated heterocycles. The van der Waals surface area contributed by atoms with Crippen molar-refractivity contribution in [3.8, 4) is 16.9 Å². The summed E-state index contributed by atoms with van der Waals surface area (Å²) >= 11 is 0. The average molecular weight is 735 g/mol. The first kappa shape index (κ1) is 41.1. The van der Waals surface area contributed by atoms with E-state index < -0.39 is 24.2 Å². The maximum absolute atomic E-state index is 14.3. The summed E-state index contributed by atoms with van der Waals surface area (Å²) in [7, 11) is 5.66. The van der Waals surface area contributed by atoms with E-state index in [0.717, 1.165) is 48.1 Å². The Hall–Kier alpha value is -3.02. The van der Waals surface area contributed by atoms with E-state index in [0.29, 0.717) is 29.1 Å². The molecule has 0 spiro atoms. The molecule has 294 valence electrons. The van der Waals surface area contributed by atoms with Crippen molar-refractivity contribution in [2.75, 3.05) is 34.4 Å². The fourth-order valence-electron chi connectivity index (χ4n) is 9.44. The van der Waals surface area contributed by atoms with Crippen LogP contribution in [0.1, 0.15) is 103 Å². The normalized spacial score (nSPS) is 27.9. The highest BCUT2D eigenvalue weighted by molar-refractivity contribution is 5.96. The third-order valence-electron chi connectivity index (χ3n) is 12.6. The zero-order valence-electron chi connectivity index (χ0n) is 34.0. The van der Waals surface area contributed by atoms with Gasteiger partial charge in [-0.05, 0) is 92.1 Å². The lowest BCUT2D eigenvalue weighted by atomic mass is 9.45. The number of hydroxylamine groups is 2. The zero-order valence-corrected chi connectivity index (χ0v) is 34.0. The van der Waals surface area contributed by atoms with Crippen molar-refractivity contribution in [2.24, 2.45) is 29.1 Å². The molecule has 4 aliphatic rings. The molecule has 10 heteroatoms. The van der Waals surface area contributed by atoms with Gasteiger partial charge in [0.05, 0.1) is 26.4 Å². The van der Waals surface area contributed by atoms with Crippen molar-refractivity contribution in [3.05, 3.63) is 53.1 Å². The van der Waals surface area contributed by atoms with Crippen molar-refractivity contribution in [1.29, 1.82) is 0 Å². The Morgan fingerprint density at radius 1 is 1.15 bits per heavy atom. The summed E-state index contributed by atoms with van der Waals surface area (Å²) in [5.74, 6) is 1.15. The number of nitrogens with zero attached hydrogens (tertiary/aromatic N) is 2. The summed E-state index contributed by atoms with van der Waals surface area (Å²) in [6.07, 6.45) is 2.36. The molecule has 2 amide bonds. The zero-order chi connectivity index (χ0) is 39.0. The van der Waals surface area contributed by atoms with Gasteiger partial charge in [-0.15, -0.1) is 0 Å². The Bertz CT molecular complexity index is 1600. The van der Waals surface area contributed by atoms with Gasteiger partial charge in [0.15, 0.2) is 0 Å². The van der Waals surface area contributed by atoms with E-state index >= 15 is 0 Å².